The van der Waals surface area contributed by atoms with Crippen LogP contribution in [0, 0.1) is 24.7 Å². The molecule has 130 valence electrons. The highest BCUT2D eigenvalue weighted by atomic mass is 35.5. The third-order valence-electron chi connectivity index (χ3n) is 5.27. The minimum Gasteiger partial charge on any atom is -0.388 e. The summed E-state index contributed by atoms with van der Waals surface area (Å²) in [6.45, 7) is 3.00. The Balaban J connectivity index is 1.34. The molecule has 6 atom stereocenters. The van der Waals surface area contributed by atoms with E-state index in [-0.39, 0.29) is 12.2 Å². The number of pyridine rings is 1. The summed E-state index contributed by atoms with van der Waals surface area (Å²) >= 11 is 5.95. The zero-order valence-corrected chi connectivity index (χ0v) is 14.3. The second-order valence-electron chi connectivity index (χ2n) is 7.09. The quantitative estimate of drug-likeness (QED) is 0.811. The number of halogens is 1. The number of aliphatic hydroxyl groups excluding tert-OH is 1. The fourth-order valence-electron chi connectivity index (χ4n) is 3.76. The third-order valence-corrected chi connectivity index (χ3v) is 5.57. The molecule has 0 bridgehead atoms. The number of aromatic nitrogens is 1. The lowest BCUT2D eigenvalue weighted by atomic mass is 9.95. The van der Waals surface area contributed by atoms with Crippen molar-refractivity contribution in [3.8, 4) is 0 Å². The first-order valence-corrected chi connectivity index (χ1v) is 8.79. The van der Waals surface area contributed by atoms with Gasteiger partial charge in [0.1, 0.15) is 18.0 Å². The van der Waals surface area contributed by atoms with Crippen LogP contribution < -0.4 is 5.73 Å². The minimum atomic E-state index is -0.471. The van der Waals surface area contributed by atoms with E-state index in [0.717, 1.165) is 18.4 Å². The van der Waals surface area contributed by atoms with Gasteiger partial charge in [-0.25, -0.2) is 9.98 Å². The van der Waals surface area contributed by atoms with Crippen molar-refractivity contribution in [2.75, 3.05) is 18.9 Å². The molecule has 3 aliphatic rings. The van der Waals surface area contributed by atoms with Crippen LogP contribution in [0.1, 0.15) is 18.4 Å². The van der Waals surface area contributed by atoms with Crippen LogP contribution in [-0.4, -0.2) is 47.8 Å². The number of rotatable bonds is 4. The van der Waals surface area contributed by atoms with E-state index >= 15 is 0 Å². The van der Waals surface area contributed by atoms with Gasteiger partial charge in [-0.3, -0.25) is 0 Å². The minimum absolute atomic E-state index is 0.0539. The maximum atomic E-state index is 9.80. The molecule has 6 nitrogen and oxygen atoms in total. The summed E-state index contributed by atoms with van der Waals surface area (Å²) in [6, 6.07) is 1.79. The van der Waals surface area contributed by atoms with Crippen molar-refractivity contribution in [2.45, 2.75) is 38.1 Å². The van der Waals surface area contributed by atoms with E-state index in [2.05, 4.69) is 9.98 Å². The van der Waals surface area contributed by atoms with E-state index in [1.165, 1.54) is 0 Å². The van der Waals surface area contributed by atoms with Gasteiger partial charge in [0.2, 0.25) is 0 Å². The van der Waals surface area contributed by atoms with E-state index in [0.29, 0.717) is 47.6 Å². The Labute approximate surface area is 146 Å². The second-order valence-corrected chi connectivity index (χ2v) is 7.50. The van der Waals surface area contributed by atoms with Crippen LogP contribution in [0.5, 0.6) is 0 Å². The maximum Gasteiger partial charge on any atom is 0.156 e. The first-order chi connectivity index (χ1) is 11.5. The Morgan fingerprint density at radius 2 is 2.17 bits per heavy atom. The predicted molar refractivity (Wildman–Crippen MR) is 91.7 cm³/mol. The number of fused-ring (bicyclic) bond motifs is 1. The average molecular weight is 352 g/mol. The first kappa shape index (κ1) is 16.3. The highest BCUT2D eigenvalue weighted by molar-refractivity contribution is 6.32. The number of anilines is 1. The van der Waals surface area contributed by atoms with Crippen LogP contribution in [0.4, 0.5) is 11.6 Å². The summed E-state index contributed by atoms with van der Waals surface area (Å²) in [4.78, 5) is 8.73. The normalized spacial score (nSPS) is 38.0. The number of nitrogen functional groups attached to an aromatic ring is 1. The van der Waals surface area contributed by atoms with E-state index < -0.39 is 6.10 Å². The molecule has 2 saturated heterocycles. The van der Waals surface area contributed by atoms with E-state index in [1.807, 2.05) is 13.1 Å². The number of ether oxygens (including phenoxy) is 2. The summed E-state index contributed by atoms with van der Waals surface area (Å²) in [5, 5.41) is 10.3. The summed E-state index contributed by atoms with van der Waals surface area (Å²) in [5.74, 6) is 2.39. The monoisotopic (exact) mass is 351 g/mol. The van der Waals surface area contributed by atoms with E-state index in [4.69, 9.17) is 26.8 Å². The van der Waals surface area contributed by atoms with Gasteiger partial charge in [0.05, 0.1) is 24.3 Å². The van der Waals surface area contributed by atoms with Gasteiger partial charge in [0.25, 0.3) is 0 Å². The van der Waals surface area contributed by atoms with E-state index in [9.17, 15) is 5.11 Å². The highest BCUT2D eigenvalue weighted by Crippen LogP contribution is 2.46. The SMILES string of the molecule is Cc1cc(Cl)c(N)nc1N=CC1CC1CC1CO[C@@H]2C(O)CO[C@H]12. The van der Waals surface area contributed by atoms with Crippen molar-refractivity contribution in [1.29, 1.82) is 0 Å². The fraction of sp³-hybridized carbons (Fsp3) is 0.647. The fourth-order valence-corrected chi connectivity index (χ4v) is 3.96. The Bertz CT molecular complexity index is 669. The Morgan fingerprint density at radius 3 is 3.00 bits per heavy atom. The van der Waals surface area contributed by atoms with Crippen LogP contribution in [0.3, 0.4) is 0 Å². The zero-order valence-electron chi connectivity index (χ0n) is 13.6. The number of aliphatic imine (C=N–C) groups is 1. The standard InChI is InChI=1S/C17H22ClN3O3/c1-8-2-12(18)16(19)21-17(8)20-5-10-3-9(10)4-11-6-23-15-13(22)7-24-14(11)15/h2,5,9-11,13-15,22H,3-4,6-7H2,1H3,(H2,19,21)/t9?,10?,11?,13?,14-,15-/m1/s1. The number of hydrogen-bond acceptors (Lipinski definition) is 6. The lowest BCUT2D eigenvalue weighted by Gasteiger charge is -2.15. The second kappa shape index (κ2) is 6.26. The molecule has 0 amide bonds. The topological polar surface area (TPSA) is 90.0 Å². The lowest BCUT2D eigenvalue weighted by Crippen LogP contribution is -2.29. The van der Waals surface area contributed by atoms with Crippen molar-refractivity contribution in [1.82, 2.24) is 4.98 Å². The molecule has 3 N–H and O–H groups in total. The third kappa shape index (κ3) is 3.04. The van der Waals surface area contributed by atoms with Crippen LogP contribution >= 0.6 is 11.6 Å². The van der Waals surface area contributed by atoms with Gasteiger partial charge in [-0.1, -0.05) is 11.6 Å². The molecule has 0 spiro atoms. The maximum absolute atomic E-state index is 9.80. The number of nitrogens with two attached hydrogens (primary N) is 1. The molecule has 0 radical (unpaired) electrons. The highest BCUT2D eigenvalue weighted by Gasteiger charge is 2.49. The van der Waals surface area contributed by atoms with Crippen molar-refractivity contribution < 1.29 is 14.6 Å². The summed E-state index contributed by atoms with van der Waals surface area (Å²) in [7, 11) is 0. The van der Waals surface area contributed by atoms with E-state index in [1.54, 1.807) is 6.07 Å². The molecule has 3 heterocycles. The van der Waals surface area contributed by atoms with Crippen molar-refractivity contribution >= 4 is 29.5 Å². The first-order valence-electron chi connectivity index (χ1n) is 8.41. The van der Waals surface area contributed by atoms with Gasteiger partial charge in [-0.15, -0.1) is 0 Å². The van der Waals surface area contributed by atoms with Crippen LogP contribution in [0.25, 0.3) is 0 Å². The van der Waals surface area contributed by atoms with Gasteiger partial charge in [-0.05, 0) is 43.2 Å². The summed E-state index contributed by atoms with van der Waals surface area (Å²) in [5.41, 5.74) is 6.66. The number of aliphatic hydroxyl groups is 1. The van der Waals surface area contributed by atoms with Crippen LogP contribution in [0.2, 0.25) is 5.02 Å². The van der Waals surface area contributed by atoms with Gasteiger partial charge in [0.15, 0.2) is 5.82 Å². The van der Waals surface area contributed by atoms with Crippen molar-refractivity contribution in [3.63, 3.8) is 0 Å². The summed E-state index contributed by atoms with van der Waals surface area (Å²) < 4.78 is 11.4. The summed E-state index contributed by atoms with van der Waals surface area (Å²) in [6.07, 6.45) is 3.61. The molecule has 2 aliphatic heterocycles. The molecule has 4 unspecified atom stereocenters. The lowest BCUT2D eigenvalue weighted by molar-refractivity contribution is 0.0165. The molecule has 1 aliphatic carbocycles. The zero-order chi connectivity index (χ0) is 16.8. The molecule has 24 heavy (non-hydrogen) atoms. The molecule has 7 heteroatoms. The van der Waals surface area contributed by atoms with Gasteiger partial charge in [0, 0.05) is 12.1 Å². The molecule has 4 rings (SSSR count). The molecule has 1 aromatic heterocycles. The Morgan fingerprint density at radius 1 is 1.38 bits per heavy atom. The molecule has 0 aromatic carbocycles. The predicted octanol–water partition coefficient (Wildman–Crippen LogP) is 2.13. The number of hydrogen-bond donors (Lipinski definition) is 2. The largest absolute Gasteiger partial charge is 0.388 e. The molecular formula is C17H22ClN3O3. The van der Waals surface area contributed by atoms with Gasteiger partial charge in [-0.2, -0.15) is 0 Å². The number of aryl methyl sites for hydroxylation is 1. The van der Waals surface area contributed by atoms with Crippen molar-refractivity contribution in [2.24, 2.45) is 22.7 Å². The molecule has 3 fully saturated rings. The van der Waals surface area contributed by atoms with Crippen LogP contribution in [-0.2, 0) is 9.47 Å². The van der Waals surface area contributed by atoms with Crippen LogP contribution in [0.15, 0.2) is 11.1 Å². The van der Waals surface area contributed by atoms with Gasteiger partial charge < -0.3 is 20.3 Å². The van der Waals surface area contributed by atoms with Gasteiger partial charge >= 0.3 is 0 Å². The molecule has 1 aromatic rings. The Kier molecular flexibility index (Phi) is 4.24. The molecule has 1 saturated carbocycles. The average Bonchev–Trinajstić information content (AvgIpc) is 2.98. The Hall–Kier alpha value is -1.21. The van der Waals surface area contributed by atoms with Crippen molar-refractivity contribution in [3.05, 3.63) is 16.7 Å². The smallest absolute Gasteiger partial charge is 0.156 e. The molecular weight excluding hydrogens is 330 g/mol. The number of nitrogens with zero attached hydrogens (tertiary/aromatic N) is 2.